The number of benzene rings is 1. The highest BCUT2D eigenvalue weighted by molar-refractivity contribution is 7.89. The molecular formula is C12H13N3O6S. The Kier molecular flexibility index (Phi) is 4.15. The number of nitrogens with two attached hydrogens (primary N) is 1. The van der Waals surface area contributed by atoms with Crippen LogP contribution in [0.25, 0.3) is 0 Å². The largest absolute Gasteiger partial charge is 0.481 e. The van der Waals surface area contributed by atoms with E-state index in [1.807, 2.05) is 0 Å². The Morgan fingerprint density at radius 1 is 1.27 bits per heavy atom. The van der Waals surface area contributed by atoms with Crippen LogP contribution in [0.2, 0.25) is 0 Å². The van der Waals surface area contributed by atoms with E-state index in [9.17, 15) is 22.8 Å². The van der Waals surface area contributed by atoms with E-state index >= 15 is 0 Å². The number of sulfonamides is 1. The lowest BCUT2D eigenvalue weighted by atomic mass is 10.1. The molecule has 0 unspecified atom stereocenters. The number of carbonyl (C=O) groups excluding carboxylic acids is 2. The Morgan fingerprint density at radius 2 is 1.86 bits per heavy atom. The average Bonchev–Trinajstić information content (AvgIpc) is 2.70. The first-order valence-corrected chi connectivity index (χ1v) is 7.74. The number of carboxylic acid groups (broad SMARTS) is 1. The van der Waals surface area contributed by atoms with Crippen molar-refractivity contribution < 1.29 is 27.9 Å². The molecule has 0 radical (unpaired) electrons. The van der Waals surface area contributed by atoms with Crippen molar-refractivity contribution in [3.63, 3.8) is 0 Å². The van der Waals surface area contributed by atoms with Crippen LogP contribution in [-0.2, 0) is 19.6 Å². The van der Waals surface area contributed by atoms with Crippen molar-refractivity contribution in [1.82, 2.24) is 5.32 Å². The van der Waals surface area contributed by atoms with Crippen LogP contribution in [0.4, 0.5) is 10.5 Å². The summed E-state index contributed by atoms with van der Waals surface area (Å²) in [7, 11) is -3.87. The molecule has 0 aliphatic carbocycles. The molecule has 1 aromatic carbocycles. The van der Waals surface area contributed by atoms with Crippen molar-refractivity contribution in [2.75, 3.05) is 4.90 Å². The summed E-state index contributed by atoms with van der Waals surface area (Å²) < 4.78 is 22.3. The molecule has 22 heavy (non-hydrogen) atoms. The minimum Gasteiger partial charge on any atom is -0.481 e. The Morgan fingerprint density at radius 3 is 2.36 bits per heavy atom. The summed E-state index contributed by atoms with van der Waals surface area (Å²) >= 11 is 0. The van der Waals surface area contributed by atoms with Crippen LogP contribution in [0.3, 0.4) is 0 Å². The maximum Gasteiger partial charge on any atom is 0.329 e. The van der Waals surface area contributed by atoms with Crippen molar-refractivity contribution in [2.24, 2.45) is 5.14 Å². The lowest BCUT2D eigenvalue weighted by Gasteiger charge is -2.13. The van der Waals surface area contributed by atoms with E-state index in [0.717, 1.165) is 4.90 Å². The minimum absolute atomic E-state index is 0.0222. The van der Waals surface area contributed by atoms with E-state index in [0.29, 0.717) is 0 Å². The maximum absolute atomic E-state index is 12.1. The average molecular weight is 327 g/mol. The summed E-state index contributed by atoms with van der Waals surface area (Å²) in [5, 5.41) is 16.0. The van der Waals surface area contributed by atoms with Crippen LogP contribution in [0.5, 0.6) is 0 Å². The van der Waals surface area contributed by atoms with Gasteiger partial charge in [-0.2, -0.15) is 0 Å². The number of nitrogens with zero attached hydrogens (tertiary/aromatic N) is 1. The second-order valence-corrected chi connectivity index (χ2v) is 6.21. The standard InChI is InChI=1S/C12H13N3O6S/c13-22(20,21)8-3-1-7(2-4-8)15-11(18)9(14-12(15)19)5-6-10(16)17/h1-4,9H,5-6H2,(H,14,19)(H,16,17)(H2,13,20,21)/t9-/m0/s1. The maximum atomic E-state index is 12.1. The smallest absolute Gasteiger partial charge is 0.329 e. The summed E-state index contributed by atoms with van der Waals surface area (Å²) in [4.78, 5) is 35.1. The van der Waals surface area contributed by atoms with Gasteiger partial charge in [-0.3, -0.25) is 9.59 Å². The number of carboxylic acids is 1. The van der Waals surface area contributed by atoms with E-state index < -0.39 is 34.0 Å². The number of urea groups is 1. The number of anilines is 1. The molecule has 3 amide bonds. The van der Waals surface area contributed by atoms with Crippen LogP contribution < -0.4 is 15.4 Å². The number of nitrogens with one attached hydrogen (secondary N) is 1. The zero-order valence-corrected chi connectivity index (χ0v) is 12.0. The Bertz CT molecular complexity index is 728. The van der Waals surface area contributed by atoms with E-state index in [2.05, 4.69) is 5.32 Å². The summed E-state index contributed by atoms with van der Waals surface area (Å²) in [6.07, 6.45) is -0.277. The number of hydrogen-bond acceptors (Lipinski definition) is 5. The van der Waals surface area contributed by atoms with E-state index in [4.69, 9.17) is 10.2 Å². The number of primary sulfonamides is 1. The summed E-state index contributed by atoms with van der Waals surface area (Å²) in [5.41, 5.74) is 0.174. The second kappa shape index (κ2) is 5.73. The normalized spacial score (nSPS) is 18.4. The van der Waals surface area contributed by atoms with Gasteiger partial charge in [0, 0.05) is 6.42 Å². The van der Waals surface area contributed by atoms with Gasteiger partial charge in [-0.15, -0.1) is 0 Å². The van der Waals surface area contributed by atoms with Crippen LogP contribution >= 0.6 is 0 Å². The Hall–Kier alpha value is -2.46. The van der Waals surface area contributed by atoms with Gasteiger partial charge in [-0.25, -0.2) is 23.3 Å². The Labute approximate surface area is 125 Å². The number of aliphatic carboxylic acids is 1. The van der Waals surface area contributed by atoms with Gasteiger partial charge in [0.25, 0.3) is 5.91 Å². The quantitative estimate of drug-likeness (QED) is 0.628. The second-order valence-electron chi connectivity index (χ2n) is 4.65. The molecule has 0 bridgehead atoms. The first kappa shape index (κ1) is 15.9. The number of imide groups is 1. The molecule has 1 aliphatic heterocycles. The first-order chi connectivity index (χ1) is 10.2. The Balaban J connectivity index is 2.20. The zero-order valence-electron chi connectivity index (χ0n) is 11.2. The van der Waals surface area contributed by atoms with E-state index in [-0.39, 0.29) is 23.4 Å². The van der Waals surface area contributed by atoms with Gasteiger partial charge >= 0.3 is 12.0 Å². The van der Waals surface area contributed by atoms with Gasteiger partial charge in [-0.05, 0) is 30.7 Å². The van der Waals surface area contributed by atoms with Crippen LogP contribution in [0.1, 0.15) is 12.8 Å². The van der Waals surface area contributed by atoms with Crippen LogP contribution in [0.15, 0.2) is 29.2 Å². The van der Waals surface area contributed by atoms with Gasteiger partial charge in [0.2, 0.25) is 10.0 Å². The molecule has 4 N–H and O–H groups in total. The summed E-state index contributed by atoms with van der Waals surface area (Å²) in [6.45, 7) is 0. The molecule has 9 nitrogen and oxygen atoms in total. The van der Waals surface area contributed by atoms with Crippen molar-refractivity contribution in [1.29, 1.82) is 0 Å². The number of amides is 3. The molecule has 0 aromatic heterocycles. The van der Waals surface area contributed by atoms with Crippen molar-refractivity contribution >= 4 is 33.6 Å². The van der Waals surface area contributed by atoms with Gasteiger partial charge in [-0.1, -0.05) is 0 Å². The lowest BCUT2D eigenvalue weighted by Crippen LogP contribution is -2.31. The van der Waals surface area contributed by atoms with Crippen LogP contribution in [0, 0.1) is 0 Å². The highest BCUT2D eigenvalue weighted by Crippen LogP contribution is 2.22. The monoisotopic (exact) mass is 327 g/mol. The molecule has 1 aromatic rings. The molecule has 1 atom stereocenters. The highest BCUT2D eigenvalue weighted by atomic mass is 32.2. The van der Waals surface area contributed by atoms with Gasteiger partial charge < -0.3 is 10.4 Å². The number of hydrogen-bond donors (Lipinski definition) is 3. The van der Waals surface area contributed by atoms with Crippen molar-refractivity contribution in [2.45, 2.75) is 23.8 Å². The molecule has 118 valence electrons. The topological polar surface area (TPSA) is 147 Å². The van der Waals surface area contributed by atoms with Gasteiger partial charge in [0.15, 0.2) is 0 Å². The molecule has 0 spiro atoms. The third-order valence-electron chi connectivity index (χ3n) is 3.09. The van der Waals surface area contributed by atoms with Gasteiger partial charge in [0.1, 0.15) is 6.04 Å². The molecule has 10 heteroatoms. The predicted molar refractivity (Wildman–Crippen MR) is 74.5 cm³/mol. The number of rotatable bonds is 5. The lowest BCUT2D eigenvalue weighted by molar-refractivity contribution is -0.137. The molecule has 1 fully saturated rings. The molecule has 0 saturated carbocycles. The first-order valence-electron chi connectivity index (χ1n) is 6.19. The molecule has 1 heterocycles. The fourth-order valence-electron chi connectivity index (χ4n) is 2.02. The SMILES string of the molecule is NS(=O)(=O)c1ccc(N2C(=O)N[C@@H](CCC(=O)O)C2=O)cc1. The minimum atomic E-state index is -3.87. The zero-order chi connectivity index (χ0) is 16.5. The number of carbonyl (C=O) groups is 3. The molecule has 2 rings (SSSR count). The van der Waals surface area contributed by atoms with Crippen LogP contribution in [-0.4, -0.2) is 37.5 Å². The highest BCUT2D eigenvalue weighted by Gasteiger charge is 2.38. The van der Waals surface area contributed by atoms with Gasteiger partial charge in [0.05, 0.1) is 10.6 Å². The molecular weight excluding hydrogens is 314 g/mol. The van der Waals surface area contributed by atoms with E-state index in [1.54, 1.807) is 0 Å². The summed E-state index contributed by atoms with van der Waals surface area (Å²) in [5.74, 6) is -1.66. The predicted octanol–water partition coefficient (Wildman–Crippen LogP) is -0.376. The summed E-state index contributed by atoms with van der Waals surface area (Å²) in [6, 6.07) is 3.30. The molecule has 1 aliphatic rings. The fourth-order valence-corrected chi connectivity index (χ4v) is 2.54. The third-order valence-corrected chi connectivity index (χ3v) is 4.02. The molecule has 1 saturated heterocycles. The van der Waals surface area contributed by atoms with Crippen molar-refractivity contribution in [3.8, 4) is 0 Å². The third kappa shape index (κ3) is 3.23. The van der Waals surface area contributed by atoms with E-state index in [1.165, 1.54) is 24.3 Å². The van der Waals surface area contributed by atoms with Crippen molar-refractivity contribution in [3.05, 3.63) is 24.3 Å². The fraction of sp³-hybridized carbons (Fsp3) is 0.250.